The largest absolute Gasteiger partial charge is 0.486 e. The van der Waals surface area contributed by atoms with Gasteiger partial charge < -0.3 is 14.4 Å². The number of thioether (sulfide) groups is 1. The molecule has 0 radical (unpaired) electrons. The summed E-state index contributed by atoms with van der Waals surface area (Å²) in [5, 5.41) is -0.300. The molecule has 3 rings (SSSR count). The first-order valence-corrected chi connectivity index (χ1v) is 11.2. The van der Waals surface area contributed by atoms with Crippen molar-refractivity contribution < 1.29 is 22.7 Å². The van der Waals surface area contributed by atoms with Crippen molar-refractivity contribution in [2.75, 3.05) is 31.3 Å². The summed E-state index contributed by atoms with van der Waals surface area (Å²) >= 11 is 1.45. The summed E-state index contributed by atoms with van der Waals surface area (Å²) in [4.78, 5) is 15.5. The minimum atomic E-state index is -3.01. The smallest absolute Gasteiger partial charge is 0.236 e. The Balaban J connectivity index is 1.67. The number of rotatable bonds is 5. The number of hydrogen-bond acceptors (Lipinski definition) is 6. The second-order valence-corrected chi connectivity index (χ2v) is 9.89. The van der Waals surface area contributed by atoms with E-state index in [1.54, 1.807) is 4.90 Å². The van der Waals surface area contributed by atoms with Crippen LogP contribution in [0.3, 0.4) is 0 Å². The first kappa shape index (κ1) is 18.4. The predicted octanol–water partition coefficient (Wildman–Crippen LogP) is 1.97. The molecule has 2 heterocycles. The zero-order valence-electron chi connectivity index (χ0n) is 14.4. The first-order valence-electron chi connectivity index (χ1n) is 8.47. The van der Waals surface area contributed by atoms with Crippen molar-refractivity contribution >= 4 is 27.5 Å². The summed E-state index contributed by atoms with van der Waals surface area (Å²) in [6.07, 6.45) is 0.531. The van der Waals surface area contributed by atoms with Crippen LogP contribution in [0.5, 0.6) is 11.5 Å². The van der Waals surface area contributed by atoms with Gasteiger partial charge in [-0.3, -0.25) is 4.79 Å². The highest BCUT2D eigenvalue weighted by Crippen LogP contribution is 2.36. The summed E-state index contributed by atoms with van der Waals surface area (Å²) in [7, 11) is -3.01. The van der Waals surface area contributed by atoms with Gasteiger partial charge in [0.1, 0.15) is 13.2 Å². The van der Waals surface area contributed by atoms with Crippen LogP contribution in [-0.2, 0) is 14.6 Å². The normalized spacial score (nSPS) is 22.4. The molecule has 0 aromatic heterocycles. The van der Waals surface area contributed by atoms with Crippen LogP contribution in [0.25, 0.3) is 0 Å². The molecule has 8 heteroatoms. The van der Waals surface area contributed by atoms with Crippen molar-refractivity contribution in [3.8, 4) is 11.5 Å². The zero-order valence-corrected chi connectivity index (χ0v) is 16.1. The molecule has 1 amide bonds. The topological polar surface area (TPSA) is 72.9 Å². The van der Waals surface area contributed by atoms with Crippen LogP contribution in [-0.4, -0.2) is 61.8 Å². The molecule has 0 spiro atoms. The van der Waals surface area contributed by atoms with Gasteiger partial charge in [0, 0.05) is 17.5 Å². The molecule has 0 saturated carbocycles. The average molecular weight is 386 g/mol. The van der Waals surface area contributed by atoms with Gasteiger partial charge in [0.05, 0.1) is 16.8 Å². The molecule has 1 aromatic carbocycles. The van der Waals surface area contributed by atoms with Gasteiger partial charge in [-0.15, -0.1) is 11.8 Å². The van der Waals surface area contributed by atoms with E-state index in [0.717, 1.165) is 10.6 Å². The van der Waals surface area contributed by atoms with Gasteiger partial charge in [-0.05, 0) is 38.5 Å². The van der Waals surface area contributed by atoms with E-state index in [2.05, 4.69) is 0 Å². The summed E-state index contributed by atoms with van der Waals surface area (Å²) in [6, 6.07) is 5.46. The third kappa shape index (κ3) is 4.23. The maximum absolute atomic E-state index is 12.8. The lowest BCUT2D eigenvalue weighted by Crippen LogP contribution is -2.44. The third-order valence-electron chi connectivity index (χ3n) is 4.45. The van der Waals surface area contributed by atoms with E-state index in [1.807, 2.05) is 32.0 Å². The Morgan fingerprint density at radius 1 is 1.32 bits per heavy atom. The molecule has 0 unspecified atom stereocenters. The molecule has 2 aliphatic rings. The summed E-state index contributed by atoms with van der Waals surface area (Å²) in [6.45, 7) is 5.34. The van der Waals surface area contributed by atoms with Crippen LogP contribution in [0.2, 0.25) is 0 Å². The van der Waals surface area contributed by atoms with Gasteiger partial charge in [0.15, 0.2) is 21.3 Å². The van der Waals surface area contributed by atoms with Gasteiger partial charge >= 0.3 is 0 Å². The molecule has 1 aromatic rings. The van der Waals surface area contributed by atoms with Crippen molar-refractivity contribution in [2.24, 2.45) is 0 Å². The number of ether oxygens (including phenoxy) is 2. The van der Waals surface area contributed by atoms with Gasteiger partial charge in [-0.25, -0.2) is 8.42 Å². The summed E-state index contributed by atoms with van der Waals surface area (Å²) in [5.74, 6) is 1.65. The van der Waals surface area contributed by atoms with E-state index in [0.29, 0.717) is 31.9 Å². The van der Waals surface area contributed by atoms with Crippen LogP contribution in [0.1, 0.15) is 20.3 Å². The fourth-order valence-electron chi connectivity index (χ4n) is 3.20. The molecule has 0 N–H and O–H groups in total. The summed E-state index contributed by atoms with van der Waals surface area (Å²) < 4.78 is 34.5. The standard InChI is InChI=1S/C17H23NO5S2/c1-3-18(13-6-9-25(20,21)11-13)17(19)12(2)24-14-4-5-15-16(10-14)23-8-7-22-15/h4-5,10,12-13H,3,6-9,11H2,1-2H3/t12-,13+/m1/s1. The number of fused-ring (bicyclic) bond motifs is 1. The fraction of sp³-hybridized carbons (Fsp3) is 0.588. The fourth-order valence-corrected chi connectivity index (χ4v) is 5.90. The number of carbonyl (C=O) groups excluding carboxylic acids is 1. The minimum Gasteiger partial charge on any atom is -0.486 e. The zero-order chi connectivity index (χ0) is 18.0. The average Bonchev–Trinajstić information content (AvgIpc) is 2.95. The van der Waals surface area contributed by atoms with Crippen molar-refractivity contribution in [3.05, 3.63) is 18.2 Å². The Kier molecular flexibility index (Phi) is 5.48. The highest BCUT2D eigenvalue weighted by molar-refractivity contribution is 8.00. The molecule has 25 heavy (non-hydrogen) atoms. The highest BCUT2D eigenvalue weighted by Gasteiger charge is 2.35. The van der Waals surface area contributed by atoms with E-state index < -0.39 is 9.84 Å². The van der Waals surface area contributed by atoms with E-state index in [9.17, 15) is 13.2 Å². The van der Waals surface area contributed by atoms with Gasteiger partial charge in [-0.2, -0.15) is 0 Å². The van der Waals surface area contributed by atoms with E-state index >= 15 is 0 Å². The quantitative estimate of drug-likeness (QED) is 0.722. The number of nitrogens with zero attached hydrogens (tertiary/aromatic N) is 1. The molecule has 0 bridgehead atoms. The van der Waals surface area contributed by atoms with Crippen LogP contribution < -0.4 is 9.47 Å². The number of amides is 1. The lowest BCUT2D eigenvalue weighted by molar-refractivity contribution is -0.131. The molecular weight excluding hydrogens is 362 g/mol. The SMILES string of the molecule is CCN(C(=O)[C@@H](C)Sc1ccc2c(c1)OCCO2)[C@H]1CCS(=O)(=O)C1. The van der Waals surface area contributed by atoms with Gasteiger partial charge in [0.25, 0.3) is 0 Å². The molecular formula is C17H23NO5S2. The highest BCUT2D eigenvalue weighted by atomic mass is 32.2. The van der Waals surface area contributed by atoms with Crippen molar-refractivity contribution in [1.29, 1.82) is 0 Å². The Hall–Kier alpha value is -1.41. The number of hydrogen-bond donors (Lipinski definition) is 0. The molecule has 1 fully saturated rings. The molecule has 2 aliphatic heterocycles. The van der Waals surface area contributed by atoms with Crippen LogP contribution in [0.15, 0.2) is 23.1 Å². The van der Waals surface area contributed by atoms with Crippen molar-refractivity contribution in [1.82, 2.24) is 4.90 Å². The Bertz CT molecular complexity index is 749. The third-order valence-corrected chi connectivity index (χ3v) is 7.28. The maximum Gasteiger partial charge on any atom is 0.236 e. The van der Waals surface area contributed by atoms with E-state index in [1.165, 1.54) is 11.8 Å². The second-order valence-electron chi connectivity index (χ2n) is 6.25. The van der Waals surface area contributed by atoms with Crippen molar-refractivity contribution in [3.63, 3.8) is 0 Å². The molecule has 6 nitrogen and oxygen atoms in total. The van der Waals surface area contributed by atoms with Gasteiger partial charge in [0.2, 0.25) is 5.91 Å². The maximum atomic E-state index is 12.8. The Labute approximate surface area is 152 Å². The van der Waals surface area contributed by atoms with Crippen molar-refractivity contribution in [2.45, 2.75) is 36.5 Å². The van der Waals surface area contributed by atoms with Gasteiger partial charge in [-0.1, -0.05) is 0 Å². The molecule has 2 atom stereocenters. The lowest BCUT2D eigenvalue weighted by Gasteiger charge is -2.29. The summed E-state index contributed by atoms with van der Waals surface area (Å²) in [5.41, 5.74) is 0. The molecule has 138 valence electrons. The van der Waals surface area contributed by atoms with E-state index in [4.69, 9.17) is 9.47 Å². The monoisotopic (exact) mass is 385 g/mol. The van der Waals surface area contributed by atoms with Crippen LogP contribution >= 0.6 is 11.8 Å². The Morgan fingerprint density at radius 3 is 2.68 bits per heavy atom. The number of benzene rings is 1. The predicted molar refractivity (Wildman–Crippen MR) is 97.2 cm³/mol. The van der Waals surface area contributed by atoms with Crippen LogP contribution in [0, 0.1) is 0 Å². The van der Waals surface area contributed by atoms with E-state index in [-0.39, 0.29) is 28.7 Å². The number of sulfone groups is 1. The molecule has 0 aliphatic carbocycles. The minimum absolute atomic E-state index is 0.0236. The van der Waals surface area contributed by atoms with Crippen LogP contribution in [0.4, 0.5) is 0 Å². The second kappa shape index (κ2) is 7.45. The lowest BCUT2D eigenvalue weighted by atomic mass is 10.2. The Morgan fingerprint density at radius 2 is 2.04 bits per heavy atom. The first-order chi connectivity index (χ1) is 11.9. The molecule has 1 saturated heterocycles. The number of carbonyl (C=O) groups is 1.